The number of halogens is 1. The van der Waals surface area contributed by atoms with Crippen molar-refractivity contribution in [2.45, 2.75) is 30.6 Å². The smallest absolute Gasteiger partial charge is 0.322 e. The monoisotopic (exact) mass is 446 g/mol. The fourth-order valence-corrected chi connectivity index (χ4v) is 5.65. The highest BCUT2D eigenvalue weighted by Gasteiger charge is 2.25. The van der Waals surface area contributed by atoms with Crippen molar-refractivity contribution in [3.8, 4) is 11.8 Å². The van der Waals surface area contributed by atoms with Crippen LogP contribution >= 0.6 is 11.3 Å². The largest absolute Gasteiger partial charge is 0.424 e. The van der Waals surface area contributed by atoms with Crippen LogP contribution in [0.5, 0.6) is 11.8 Å². The van der Waals surface area contributed by atoms with E-state index >= 15 is 0 Å². The van der Waals surface area contributed by atoms with Crippen molar-refractivity contribution >= 4 is 31.4 Å². The summed E-state index contributed by atoms with van der Waals surface area (Å²) in [6, 6.07) is 14.2. The average molecular weight is 447 g/mol. The predicted molar refractivity (Wildman–Crippen MR) is 113 cm³/mol. The van der Waals surface area contributed by atoms with Crippen LogP contribution in [-0.2, 0) is 16.6 Å². The van der Waals surface area contributed by atoms with Gasteiger partial charge in [0.25, 0.3) is 10.0 Å². The second kappa shape index (κ2) is 8.13. The molecule has 0 fully saturated rings. The maximum Gasteiger partial charge on any atom is 0.322 e. The van der Waals surface area contributed by atoms with E-state index in [0.717, 1.165) is 10.1 Å². The molecule has 4 rings (SSSR count). The van der Waals surface area contributed by atoms with Crippen molar-refractivity contribution in [2.24, 2.45) is 0 Å². The van der Waals surface area contributed by atoms with E-state index in [2.05, 4.69) is 14.9 Å². The molecule has 0 saturated heterocycles. The molecule has 0 radical (unpaired) electrons. The molecule has 0 aliphatic rings. The molecule has 0 aliphatic carbocycles. The zero-order valence-electron chi connectivity index (χ0n) is 16.2. The molecule has 2 aromatic carbocycles. The van der Waals surface area contributed by atoms with Crippen molar-refractivity contribution in [2.75, 3.05) is 0 Å². The molecule has 4 aromatic rings. The minimum absolute atomic E-state index is 0.201. The topological polar surface area (TPSA) is 86.1 Å². The number of rotatable bonds is 7. The van der Waals surface area contributed by atoms with Gasteiger partial charge in [-0.25, -0.2) is 12.8 Å². The van der Waals surface area contributed by atoms with Crippen LogP contribution in [0.1, 0.15) is 25.7 Å². The van der Waals surface area contributed by atoms with Gasteiger partial charge in [-0.2, -0.15) is 4.72 Å². The lowest BCUT2D eigenvalue weighted by Crippen LogP contribution is -2.28. The Labute approximate surface area is 177 Å². The highest BCUT2D eigenvalue weighted by molar-refractivity contribution is 7.91. The van der Waals surface area contributed by atoms with Crippen molar-refractivity contribution in [3.63, 3.8) is 0 Å². The molecule has 0 bridgehead atoms. The number of sulfonamides is 1. The highest BCUT2D eigenvalue weighted by Crippen LogP contribution is 2.30. The van der Waals surface area contributed by atoms with E-state index in [0.29, 0.717) is 18.1 Å². The van der Waals surface area contributed by atoms with Gasteiger partial charge >= 0.3 is 6.01 Å². The molecule has 2 heterocycles. The van der Waals surface area contributed by atoms with Crippen LogP contribution in [0.25, 0.3) is 10.1 Å². The molecule has 0 unspecified atom stereocenters. The maximum absolute atomic E-state index is 13.1. The van der Waals surface area contributed by atoms with Gasteiger partial charge in [0.2, 0.25) is 0 Å². The van der Waals surface area contributed by atoms with Gasteiger partial charge in [0, 0.05) is 11.2 Å². The summed E-state index contributed by atoms with van der Waals surface area (Å²) in [6.45, 7) is 4.04. The molecule has 1 N–H and O–H groups in total. The summed E-state index contributed by atoms with van der Waals surface area (Å²) < 4.78 is 50.0. The van der Waals surface area contributed by atoms with E-state index in [4.69, 9.17) is 4.74 Å². The minimum Gasteiger partial charge on any atom is -0.424 e. The molecule has 1 atom stereocenters. The lowest BCUT2D eigenvalue weighted by molar-refractivity contribution is 0.407. The number of hydrogen-bond donors (Lipinski definition) is 1. The van der Waals surface area contributed by atoms with E-state index in [-0.39, 0.29) is 16.0 Å². The van der Waals surface area contributed by atoms with Gasteiger partial charge < -0.3 is 4.74 Å². The third kappa shape index (κ3) is 4.07. The Kier molecular flexibility index (Phi) is 5.54. The normalized spacial score (nSPS) is 12.9. The molecule has 10 heteroatoms. The summed E-state index contributed by atoms with van der Waals surface area (Å²) in [5.41, 5.74) is 0. The van der Waals surface area contributed by atoms with E-state index in [1.54, 1.807) is 17.6 Å². The maximum atomic E-state index is 13.1. The number of nitrogens with one attached hydrogen (secondary N) is 1. The van der Waals surface area contributed by atoms with Gasteiger partial charge in [0.15, 0.2) is 5.82 Å². The van der Waals surface area contributed by atoms with E-state index in [1.165, 1.54) is 35.6 Å². The molecule has 0 aliphatic heterocycles. The summed E-state index contributed by atoms with van der Waals surface area (Å²) in [7, 11) is -3.74. The Balaban J connectivity index is 1.57. The van der Waals surface area contributed by atoms with E-state index in [9.17, 15) is 12.8 Å². The zero-order valence-corrected chi connectivity index (χ0v) is 17.9. The van der Waals surface area contributed by atoms with Crippen molar-refractivity contribution in [1.82, 2.24) is 19.5 Å². The second-order valence-electron chi connectivity index (χ2n) is 6.59. The number of benzene rings is 2. The summed E-state index contributed by atoms with van der Waals surface area (Å²) >= 11 is 1.21. The van der Waals surface area contributed by atoms with Crippen molar-refractivity contribution < 1.29 is 17.5 Å². The summed E-state index contributed by atoms with van der Waals surface area (Å²) in [5, 5.41) is 9.02. The molecular formula is C20H19FN4O3S2. The van der Waals surface area contributed by atoms with E-state index < -0.39 is 16.1 Å². The summed E-state index contributed by atoms with van der Waals surface area (Å²) in [4.78, 5) is 0. The zero-order chi connectivity index (χ0) is 21.3. The molecular weight excluding hydrogens is 427 g/mol. The van der Waals surface area contributed by atoms with Crippen LogP contribution in [-0.4, -0.2) is 23.2 Å². The van der Waals surface area contributed by atoms with Gasteiger partial charge in [-0.05, 0) is 55.6 Å². The first kappa shape index (κ1) is 20.5. The van der Waals surface area contributed by atoms with Crippen LogP contribution in [0.4, 0.5) is 4.39 Å². The number of fused-ring (bicyclic) bond motifs is 1. The van der Waals surface area contributed by atoms with Gasteiger partial charge in [0.1, 0.15) is 15.8 Å². The molecule has 30 heavy (non-hydrogen) atoms. The van der Waals surface area contributed by atoms with Gasteiger partial charge in [-0.15, -0.1) is 16.4 Å². The third-order valence-corrected chi connectivity index (χ3v) is 7.60. The Morgan fingerprint density at radius 2 is 1.90 bits per heavy atom. The number of nitrogens with zero attached hydrogens (tertiary/aromatic N) is 3. The molecule has 156 valence electrons. The SMILES string of the molecule is CCn1c(Oc2ccc(F)cc2)nnc1[C@@H](C)NS(=O)(=O)c1cc2ccccc2s1. The van der Waals surface area contributed by atoms with Gasteiger partial charge in [0.05, 0.1) is 6.04 Å². The molecule has 0 spiro atoms. The van der Waals surface area contributed by atoms with Crippen LogP contribution in [0.15, 0.2) is 58.8 Å². The second-order valence-corrected chi connectivity index (χ2v) is 9.61. The molecule has 0 saturated carbocycles. The Hall–Kier alpha value is -2.82. The van der Waals surface area contributed by atoms with Crippen LogP contribution < -0.4 is 9.46 Å². The number of thiophene rings is 1. The van der Waals surface area contributed by atoms with Crippen LogP contribution in [0, 0.1) is 5.82 Å². The van der Waals surface area contributed by atoms with Crippen LogP contribution in [0.2, 0.25) is 0 Å². The first-order valence-electron chi connectivity index (χ1n) is 9.25. The lowest BCUT2D eigenvalue weighted by atomic mass is 10.3. The number of aromatic nitrogens is 3. The summed E-state index contributed by atoms with van der Waals surface area (Å²) in [5.74, 6) is 0.451. The molecule has 2 aromatic heterocycles. The van der Waals surface area contributed by atoms with Gasteiger partial charge in [-0.3, -0.25) is 4.57 Å². The van der Waals surface area contributed by atoms with E-state index in [1.807, 2.05) is 31.2 Å². The average Bonchev–Trinajstić information content (AvgIpc) is 3.33. The number of hydrogen-bond acceptors (Lipinski definition) is 6. The van der Waals surface area contributed by atoms with Crippen LogP contribution in [0.3, 0.4) is 0 Å². The fraction of sp³-hybridized carbons (Fsp3) is 0.200. The van der Waals surface area contributed by atoms with Crippen molar-refractivity contribution in [1.29, 1.82) is 0 Å². The van der Waals surface area contributed by atoms with Gasteiger partial charge in [-0.1, -0.05) is 23.3 Å². The Morgan fingerprint density at radius 1 is 1.17 bits per heavy atom. The first-order valence-corrected chi connectivity index (χ1v) is 11.5. The van der Waals surface area contributed by atoms with Crippen molar-refractivity contribution in [3.05, 3.63) is 66.2 Å². The highest BCUT2D eigenvalue weighted by atomic mass is 32.2. The standard InChI is InChI=1S/C20H19FN4O3S2/c1-3-25-19(22-23-20(25)28-16-10-8-15(21)9-11-16)13(2)24-30(26,27)18-12-14-6-4-5-7-17(14)29-18/h4-13,24H,3H2,1-2H3/t13-/m1/s1. The predicted octanol–water partition coefficient (Wildman–Crippen LogP) is 4.48. The Morgan fingerprint density at radius 3 is 2.60 bits per heavy atom. The lowest BCUT2D eigenvalue weighted by Gasteiger charge is -2.14. The number of ether oxygens (including phenoxy) is 1. The third-order valence-electron chi connectivity index (χ3n) is 4.47. The minimum atomic E-state index is -3.74. The molecule has 7 nitrogen and oxygen atoms in total. The summed E-state index contributed by atoms with van der Waals surface area (Å²) in [6.07, 6.45) is 0. The first-order chi connectivity index (χ1) is 14.4. The molecule has 0 amide bonds. The Bertz CT molecular complexity index is 1250. The fourth-order valence-electron chi connectivity index (χ4n) is 3.03. The quantitative estimate of drug-likeness (QED) is 0.452.